The molecule has 1 atom stereocenters. The average Bonchev–Trinajstić information content (AvgIpc) is 2.72. The van der Waals surface area contributed by atoms with E-state index < -0.39 is 11.3 Å². The molecule has 96 valence electrons. The van der Waals surface area contributed by atoms with Crippen molar-refractivity contribution in [3.05, 3.63) is 23.2 Å². The molecule has 0 spiro atoms. The van der Waals surface area contributed by atoms with Crippen LogP contribution in [0, 0.1) is 5.41 Å². The molecule has 1 aliphatic rings. The van der Waals surface area contributed by atoms with E-state index in [0.717, 1.165) is 0 Å². The Labute approximate surface area is 109 Å². The van der Waals surface area contributed by atoms with E-state index in [4.69, 9.17) is 17.3 Å². The third kappa shape index (κ3) is 2.28. The molecule has 18 heavy (non-hydrogen) atoms. The van der Waals surface area contributed by atoms with Gasteiger partial charge in [0.15, 0.2) is 0 Å². The molecule has 6 nitrogen and oxygen atoms in total. The van der Waals surface area contributed by atoms with Gasteiger partial charge in [0.25, 0.3) is 5.91 Å². The molecule has 2 N–H and O–H groups in total. The molecule has 0 saturated carbocycles. The Morgan fingerprint density at radius 1 is 1.50 bits per heavy atom. The lowest BCUT2D eigenvalue weighted by Crippen LogP contribution is -2.38. The summed E-state index contributed by atoms with van der Waals surface area (Å²) < 4.78 is 0. The molecule has 0 aliphatic carbocycles. The molecule has 1 aromatic rings. The minimum Gasteiger partial charge on any atom is -0.369 e. The summed E-state index contributed by atoms with van der Waals surface area (Å²) in [6.45, 7) is 2.54. The van der Waals surface area contributed by atoms with Gasteiger partial charge in [-0.2, -0.15) is 0 Å². The zero-order valence-electron chi connectivity index (χ0n) is 9.89. The molecule has 1 fully saturated rings. The number of amides is 2. The van der Waals surface area contributed by atoms with Crippen LogP contribution in [0.1, 0.15) is 23.8 Å². The van der Waals surface area contributed by atoms with Gasteiger partial charge in [0.1, 0.15) is 10.8 Å². The van der Waals surface area contributed by atoms with E-state index in [1.807, 2.05) is 0 Å². The number of rotatable bonds is 2. The summed E-state index contributed by atoms with van der Waals surface area (Å²) in [7, 11) is 0. The van der Waals surface area contributed by atoms with E-state index >= 15 is 0 Å². The average molecular weight is 269 g/mol. The van der Waals surface area contributed by atoms with Crippen LogP contribution in [0.2, 0.25) is 5.15 Å². The second kappa shape index (κ2) is 4.53. The van der Waals surface area contributed by atoms with Crippen LogP contribution < -0.4 is 5.73 Å². The molecule has 0 bridgehead atoms. The number of hydrogen-bond acceptors (Lipinski definition) is 4. The molecular formula is C11H13ClN4O2. The number of primary amides is 1. The van der Waals surface area contributed by atoms with Crippen molar-refractivity contribution in [2.24, 2.45) is 11.1 Å². The van der Waals surface area contributed by atoms with Crippen molar-refractivity contribution in [3.8, 4) is 0 Å². The van der Waals surface area contributed by atoms with E-state index in [1.165, 1.54) is 12.4 Å². The standard InChI is InChI=1S/C11H13ClN4O2/c1-11(10(13)18)2-3-16(6-11)9(17)7-4-14-5-8(12)15-7/h4-5H,2-3,6H2,1H3,(H2,13,18). The molecular weight excluding hydrogens is 256 g/mol. The molecule has 1 saturated heterocycles. The van der Waals surface area contributed by atoms with Gasteiger partial charge in [0.05, 0.1) is 17.8 Å². The molecule has 1 aliphatic heterocycles. The molecule has 2 amide bonds. The van der Waals surface area contributed by atoms with Crippen LogP contribution in [-0.4, -0.2) is 39.8 Å². The van der Waals surface area contributed by atoms with Crippen LogP contribution in [0.15, 0.2) is 12.4 Å². The minimum atomic E-state index is -0.665. The van der Waals surface area contributed by atoms with Gasteiger partial charge in [-0.25, -0.2) is 4.98 Å². The number of aromatic nitrogens is 2. The Bertz CT molecular complexity index is 508. The molecule has 1 aromatic heterocycles. The Morgan fingerprint density at radius 2 is 2.22 bits per heavy atom. The summed E-state index contributed by atoms with van der Waals surface area (Å²) in [5, 5.41) is 0.165. The molecule has 2 heterocycles. The molecule has 1 unspecified atom stereocenters. The molecule has 2 rings (SSSR count). The number of carbonyl (C=O) groups is 2. The smallest absolute Gasteiger partial charge is 0.274 e. The van der Waals surface area contributed by atoms with E-state index in [1.54, 1.807) is 11.8 Å². The van der Waals surface area contributed by atoms with Crippen LogP contribution in [-0.2, 0) is 4.79 Å². The fourth-order valence-corrected chi connectivity index (χ4v) is 2.09. The first-order valence-electron chi connectivity index (χ1n) is 5.49. The van der Waals surface area contributed by atoms with Gasteiger partial charge in [-0.3, -0.25) is 14.6 Å². The number of likely N-dealkylation sites (tertiary alicyclic amines) is 1. The van der Waals surface area contributed by atoms with E-state index in [2.05, 4.69) is 9.97 Å². The fourth-order valence-electron chi connectivity index (χ4n) is 1.94. The van der Waals surface area contributed by atoms with E-state index in [-0.39, 0.29) is 16.8 Å². The molecule has 7 heteroatoms. The highest BCUT2D eigenvalue weighted by Gasteiger charge is 2.41. The van der Waals surface area contributed by atoms with Crippen LogP contribution in [0.3, 0.4) is 0 Å². The van der Waals surface area contributed by atoms with Gasteiger partial charge in [0, 0.05) is 13.1 Å². The Morgan fingerprint density at radius 3 is 2.78 bits per heavy atom. The Balaban J connectivity index is 2.15. The van der Waals surface area contributed by atoms with Crippen molar-refractivity contribution in [2.45, 2.75) is 13.3 Å². The van der Waals surface area contributed by atoms with Gasteiger partial charge in [-0.05, 0) is 13.3 Å². The highest BCUT2D eigenvalue weighted by atomic mass is 35.5. The SMILES string of the molecule is CC1(C(N)=O)CCN(C(=O)c2cncc(Cl)n2)C1. The Hall–Kier alpha value is -1.69. The number of halogens is 1. The summed E-state index contributed by atoms with van der Waals surface area (Å²) in [6, 6.07) is 0. The highest BCUT2D eigenvalue weighted by molar-refractivity contribution is 6.29. The largest absolute Gasteiger partial charge is 0.369 e. The monoisotopic (exact) mass is 268 g/mol. The van der Waals surface area contributed by atoms with Crippen molar-refractivity contribution >= 4 is 23.4 Å². The van der Waals surface area contributed by atoms with Gasteiger partial charge in [0.2, 0.25) is 5.91 Å². The minimum absolute atomic E-state index is 0.165. The lowest BCUT2D eigenvalue weighted by Gasteiger charge is -2.20. The lowest BCUT2D eigenvalue weighted by molar-refractivity contribution is -0.126. The van der Waals surface area contributed by atoms with Crippen molar-refractivity contribution in [2.75, 3.05) is 13.1 Å². The predicted molar refractivity (Wildman–Crippen MR) is 64.9 cm³/mol. The van der Waals surface area contributed by atoms with Gasteiger partial charge < -0.3 is 10.6 Å². The first-order valence-corrected chi connectivity index (χ1v) is 5.87. The zero-order valence-corrected chi connectivity index (χ0v) is 10.6. The molecule has 0 aromatic carbocycles. The van der Waals surface area contributed by atoms with E-state index in [0.29, 0.717) is 19.5 Å². The van der Waals surface area contributed by atoms with Crippen molar-refractivity contribution in [3.63, 3.8) is 0 Å². The lowest BCUT2D eigenvalue weighted by atomic mass is 9.89. The topological polar surface area (TPSA) is 89.2 Å². The summed E-state index contributed by atoms with van der Waals surface area (Å²) in [6.07, 6.45) is 3.27. The maximum Gasteiger partial charge on any atom is 0.274 e. The van der Waals surface area contributed by atoms with Crippen LogP contribution >= 0.6 is 11.6 Å². The highest BCUT2D eigenvalue weighted by Crippen LogP contribution is 2.30. The van der Waals surface area contributed by atoms with Crippen LogP contribution in [0.5, 0.6) is 0 Å². The van der Waals surface area contributed by atoms with Crippen molar-refractivity contribution in [1.82, 2.24) is 14.9 Å². The van der Waals surface area contributed by atoms with Crippen molar-refractivity contribution < 1.29 is 9.59 Å². The quantitative estimate of drug-likeness (QED) is 0.844. The fraction of sp³-hybridized carbons (Fsp3) is 0.455. The third-order valence-corrected chi connectivity index (χ3v) is 3.36. The number of nitrogens with two attached hydrogens (primary N) is 1. The van der Waals surface area contributed by atoms with E-state index in [9.17, 15) is 9.59 Å². The third-order valence-electron chi connectivity index (χ3n) is 3.18. The van der Waals surface area contributed by atoms with Crippen LogP contribution in [0.4, 0.5) is 0 Å². The molecule has 0 radical (unpaired) electrons. The summed E-state index contributed by atoms with van der Waals surface area (Å²) in [5.74, 6) is -0.676. The maximum absolute atomic E-state index is 12.1. The van der Waals surface area contributed by atoms with Gasteiger partial charge in [-0.15, -0.1) is 0 Å². The maximum atomic E-state index is 12.1. The first-order chi connectivity index (χ1) is 8.42. The first kappa shape index (κ1) is 12.8. The van der Waals surface area contributed by atoms with Crippen molar-refractivity contribution in [1.29, 1.82) is 0 Å². The van der Waals surface area contributed by atoms with Crippen LogP contribution in [0.25, 0.3) is 0 Å². The second-order valence-electron chi connectivity index (χ2n) is 4.63. The van der Waals surface area contributed by atoms with Gasteiger partial charge in [-0.1, -0.05) is 11.6 Å². The number of nitrogens with zero attached hydrogens (tertiary/aromatic N) is 3. The zero-order chi connectivity index (χ0) is 13.3. The second-order valence-corrected chi connectivity index (χ2v) is 5.02. The Kier molecular flexibility index (Phi) is 3.21. The summed E-state index contributed by atoms with van der Waals surface area (Å²) >= 11 is 5.68. The number of carbonyl (C=O) groups excluding carboxylic acids is 2. The summed E-state index contributed by atoms with van der Waals surface area (Å²) in [4.78, 5) is 32.7. The van der Waals surface area contributed by atoms with Gasteiger partial charge >= 0.3 is 0 Å². The normalized spacial score (nSPS) is 23.1. The predicted octanol–water partition coefficient (Wildman–Crippen LogP) is 0.467. The summed E-state index contributed by atoms with van der Waals surface area (Å²) in [5.41, 5.74) is 4.84. The number of hydrogen-bond donors (Lipinski definition) is 1.